The molecule has 1 amide bonds. The van der Waals surface area contributed by atoms with Crippen LogP contribution in [0, 0.1) is 0 Å². The Morgan fingerprint density at radius 2 is 2.06 bits per heavy atom. The van der Waals surface area contributed by atoms with Gasteiger partial charge in [0.15, 0.2) is 0 Å². The second-order valence-corrected chi connectivity index (χ2v) is 4.93. The summed E-state index contributed by atoms with van der Waals surface area (Å²) in [4.78, 5) is 11.2. The van der Waals surface area contributed by atoms with Gasteiger partial charge in [-0.1, -0.05) is 18.2 Å². The summed E-state index contributed by atoms with van der Waals surface area (Å²) in [5, 5.41) is 2.88. The SMILES string of the molecule is CC(NC(=O)CCl)c1ccc2c(c1)CCCC2. The molecule has 2 rings (SSSR count). The van der Waals surface area contributed by atoms with Crippen LogP contribution < -0.4 is 5.32 Å². The number of rotatable bonds is 3. The Balaban J connectivity index is 2.13. The summed E-state index contributed by atoms with van der Waals surface area (Å²) in [6.07, 6.45) is 4.93. The molecule has 1 aromatic carbocycles. The number of amides is 1. The zero-order chi connectivity index (χ0) is 12.3. The number of carbonyl (C=O) groups excluding carboxylic acids is 1. The number of carbonyl (C=O) groups is 1. The molecule has 3 heteroatoms. The maximum atomic E-state index is 11.2. The average molecular weight is 252 g/mol. The number of nitrogens with one attached hydrogen (secondary N) is 1. The van der Waals surface area contributed by atoms with E-state index in [-0.39, 0.29) is 17.8 Å². The molecule has 0 heterocycles. The number of hydrogen-bond acceptors (Lipinski definition) is 1. The van der Waals surface area contributed by atoms with Gasteiger partial charge in [-0.25, -0.2) is 0 Å². The first kappa shape index (κ1) is 12.4. The van der Waals surface area contributed by atoms with Gasteiger partial charge in [-0.05, 0) is 49.3 Å². The predicted octanol–water partition coefficient (Wildman–Crippen LogP) is 2.98. The van der Waals surface area contributed by atoms with Gasteiger partial charge < -0.3 is 5.32 Å². The van der Waals surface area contributed by atoms with Crippen LogP contribution in [0.1, 0.15) is 42.5 Å². The third-order valence-corrected chi connectivity index (χ3v) is 3.61. The Bertz CT molecular complexity index is 417. The number of aryl methyl sites for hydroxylation is 2. The van der Waals surface area contributed by atoms with Crippen LogP contribution in [0.5, 0.6) is 0 Å². The Kier molecular flexibility index (Phi) is 4.06. The number of alkyl halides is 1. The zero-order valence-corrected chi connectivity index (χ0v) is 10.9. The Morgan fingerprint density at radius 3 is 2.76 bits per heavy atom. The van der Waals surface area contributed by atoms with Gasteiger partial charge in [0.25, 0.3) is 0 Å². The van der Waals surface area contributed by atoms with Gasteiger partial charge in [-0.15, -0.1) is 11.6 Å². The highest BCUT2D eigenvalue weighted by Crippen LogP contribution is 2.24. The molecular weight excluding hydrogens is 234 g/mol. The van der Waals surface area contributed by atoms with Crippen molar-refractivity contribution in [1.82, 2.24) is 5.32 Å². The van der Waals surface area contributed by atoms with E-state index in [0.717, 1.165) is 0 Å². The van der Waals surface area contributed by atoms with E-state index >= 15 is 0 Å². The van der Waals surface area contributed by atoms with E-state index in [9.17, 15) is 4.79 Å². The van der Waals surface area contributed by atoms with Crippen molar-refractivity contribution in [2.24, 2.45) is 0 Å². The molecule has 0 aliphatic heterocycles. The highest BCUT2D eigenvalue weighted by atomic mass is 35.5. The quantitative estimate of drug-likeness (QED) is 0.823. The summed E-state index contributed by atoms with van der Waals surface area (Å²) in [5.74, 6) is -0.0909. The summed E-state index contributed by atoms with van der Waals surface area (Å²) in [6.45, 7) is 2.00. The van der Waals surface area contributed by atoms with Crippen LogP contribution in [-0.2, 0) is 17.6 Å². The predicted molar refractivity (Wildman–Crippen MR) is 70.4 cm³/mol. The summed E-state index contributed by atoms with van der Waals surface area (Å²) in [6, 6.07) is 6.58. The van der Waals surface area contributed by atoms with Gasteiger partial charge in [0.1, 0.15) is 5.88 Å². The molecule has 1 aliphatic rings. The molecule has 0 saturated heterocycles. The van der Waals surface area contributed by atoms with Crippen LogP contribution in [-0.4, -0.2) is 11.8 Å². The summed E-state index contributed by atoms with van der Waals surface area (Å²) < 4.78 is 0. The number of fused-ring (bicyclic) bond motifs is 1. The van der Waals surface area contributed by atoms with E-state index in [1.165, 1.54) is 42.4 Å². The van der Waals surface area contributed by atoms with E-state index in [1.807, 2.05) is 6.92 Å². The minimum Gasteiger partial charge on any atom is -0.349 e. The largest absolute Gasteiger partial charge is 0.349 e. The molecule has 2 nitrogen and oxygen atoms in total. The Morgan fingerprint density at radius 1 is 1.35 bits per heavy atom. The van der Waals surface area contributed by atoms with Crippen LogP contribution in [0.3, 0.4) is 0 Å². The van der Waals surface area contributed by atoms with E-state index in [0.29, 0.717) is 0 Å². The number of benzene rings is 1. The van der Waals surface area contributed by atoms with Crippen molar-refractivity contribution >= 4 is 17.5 Å². The molecule has 0 radical (unpaired) electrons. The second kappa shape index (κ2) is 5.54. The number of halogens is 1. The molecule has 1 unspecified atom stereocenters. The first-order chi connectivity index (χ1) is 8.20. The van der Waals surface area contributed by atoms with Gasteiger partial charge in [0.05, 0.1) is 6.04 Å². The lowest BCUT2D eigenvalue weighted by Crippen LogP contribution is -2.27. The monoisotopic (exact) mass is 251 g/mol. The van der Waals surface area contributed by atoms with Crippen molar-refractivity contribution < 1.29 is 4.79 Å². The fourth-order valence-corrected chi connectivity index (χ4v) is 2.46. The van der Waals surface area contributed by atoms with E-state index < -0.39 is 0 Å². The zero-order valence-electron chi connectivity index (χ0n) is 10.1. The molecule has 0 saturated carbocycles. The summed E-state index contributed by atoms with van der Waals surface area (Å²) in [7, 11) is 0. The molecule has 0 aromatic heterocycles. The molecule has 1 aromatic rings. The van der Waals surface area contributed by atoms with Crippen LogP contribution in [0.4, 0.5) is 0 Å². The molecule has 1 N–H and O–H groups in total. The maximum absolute atomic E-state index is 11.2. The van der Waals surface area contributed by atoms with Crippen molar-refractivity contribution in [3.05, 3.63) is 34.9 Å². The molecule has 0 bridgehead atoms. The fourth-order valence-electron chi connectivity index (χ4n) is 2.39. The minimum absolute atomic E-state index is 0.0231. The van der Waals surface area contributed by atoms with Gasteiger partial charge in [-0.2, -0.15) is 0 Å². The lowest BCUT2D eigenvalue weighted by Gasteiger charge is -2.19. The minimum atomic E-state index is -0.114. The van der Waals surface area contributed by atoms with Crippen molar-refractivity contribution in [2.45, 2.75) is 38.6 Å². The molecule has 0 spiro atoms. The first-order valence-electron chi connectivity index (χ1n) is 6.17. The fraction of sp³-hybridized carbons (Fsp3) is 0.500. The van der Waals surface area contributed by atoms with Gasteiger partial charge >= 0.3 is 0 Å². The standard InChI is InChI=1S/C14H18ClNO/c1-10(16-14(17)9-15)12-7-6-11-4-2-3-5-13(11)8-12/h6-8,10H,2-5,9H2,1H3,(H,16,17). The second-order valence-electron chi connectivity index (χ2n) is 4.66. The normalized spacial score (nSPS) is 16.1. The lowest BCUT2D eigenvalue weighted by molar-refractivity contribution is -0.119. The lowest BCUT2D eigenvalue weighted by atomic mass is 9.89. The molecule has 92 valence electrons. The summed E-state index contributed by atoms with van der Waals surface area (Å²) >= 11 is 5.49. The summed E-state index contributed by atoms with van der Waals surface area (Å²) in [5.41, 5.74) is 4.08. The van der Waals surface area contributed by atoms with E-state index in [1.54, 1.807) is 0 Å². The smallest absolute Gasteiger partial charge is 0.235 e. The van der Waals surface area contributed by atoms with Crippen molar-refractivity contribution in [1.29, 1.82) is 0 Å². The average Bonchev–Trinajstić information content (AvgIpc) is 2.38. The van der Waals surface area contributed by atoms with Crippen molar-refractivity contribution in [2.75, 3.05) is 5.88 Å². The molecular formula is C14H18ClNO. The molecule has 1 atom stereocenters. The maximum Gasteiger partial charge on any atom is 0.235 e. The van der Waals surface area contributed by atoms with Gasteiger partial charge in [-0.3, -0.25) is 4.79 Å². The van der Waals surface area contributed by atoms with Crippen LogP contribution in [0.2, 0.25) is 0 Å². The van der Waals surface area contributed by atoms with Gasteiger partial charge in [0, 0.05) is 0 Å². The van der Waals surface area contributed by atoms with Crippen molar-refractivity contribution in [3.8, 4) is 0 Å². The van der Waals surface area contributed by atoms with Crippen LogP contribution in [0.15, 0.2) is 18.2 Å². The highest BCUT2D eigenvalue weighted by Gasteiger charge is 2.13. The molecule has 0 fully saturated rings. The van der Waals surface area contributed by atoms with Crippen molar-refractivity contribution in [3.63, 3.8) is 0 Å². The van der Waals surface area contributed by atoms with Crippen LogP contribution in [0.25, 0.3) is 0 Å². The van der Waals surface area contributed by atoms with Crippen LogP contribution >= 0.6 is 11.6 Å². The third kappa shape index (κ3) is 3.01. The van der Waals surface area contributed by atoms with Gasteiger partial charge in [0.2, 0.25) is 5.91 Å². The Hall–Kier alpha value is -1.02. The van der Waals surface area contributed by atoms with E-state index in [2.05, 4.69) is 23.5 Å². The Labute approximate surface area is 107 Å². The number of hydrogen-bond donors (Lipinski definition) is 1. The third-order valence-electron chi connectivity index (χ3n) is 3.37. The molecule has 17 heavy (non-hydrogen) atoms. The topological polar surface area (TPSA) is 29.1 Å². The molecule has 1 aliphatic carbocycles. The first-order valence-corrected chi connectivity index (χ1v) is 6.71. The van der Waals surface area contributed by atoms with E-state index in [4.69, 9.17) is 11.6 Å². The highest BCUT2D eigenvalue weighted by molar-refractivity contribution is 6.27.